The highest BCUT2D eigenvalue weighted by molar-refractivity contribution is 6.51. The van der Waals surface area contributed by atoms with Gasteiger partial charge in [-0.1, -0.05) is 0 Å². The fourth-order valence-electron chi connectivity index (χ4n) is 3.81. The number of rotatable bonds is 2. The van der Waals surface area contributed by atoms with Crippen molar-refractivity contribution in [3.05, 3.63) is 0 Å². The molecule has 5 atom stereocenters. The number of fused-ring (bicyclic) bond motifs is 2. The van der Waals surface area contributed by atoms with E-state index in [4.69, 9.17) is 27.9 Å². The maximum atomic E-state index is 11.7. The first kappa shape index (κ1) is 12.1. The van der Waals surface area contributed by atoms with Gasteiger partial charge < -0.3 is 4.74 Å². The van der Waals surface area contributed by atoms with Crippen molar-refractivity contribution in [3.8, 4) is 0 Å². The molecule has 3 aliphatic rings. The van der Waals surface area contributed by atoms with E-state index in [1.165, 1.54) is 0 Å². The van der Waals surface area contributed by atoms with Crippen LogP contribution in [0.4, 0.5) is 0 Å². The summed E-state index contributed by atoms with van der Waals surface area (Å²) in [7, 11) is 0. The Morgan fingerprint density at radius 1 is 1.18 bits per heavy atom. The van der Waals surface area contributed by atoms with Gasteiger partial charge >= 0.3 is 5.97 Å². The zero-order valence-electron chi connectivity index (χ0n) is 9.99. The smallest absolute Gasteiger partial charge is 0.309 e. The lowest BCUT2D eigenvalue weighted by Crippen LogP contribution is -2.08. The molecule has 0 N–H and O–H groups in total. The van der Waals surface area contributed by atoms with E-state index < -0.39 is 4.33 Å². The van der Waals surface area contributed by atoms with E-state index in [0.29, 0.717) is 30.3 Å². The summed E-state index contributed by atoms with van der Waals surface area (Å²) < 4.78 is 4.67. The topological polar surface area (TPSA) is 26.3 Å². The molecule has 17 heavy (non-hydrogen) atoms. The molecule has 0 spiro atoms. The number of alkyl halides is 2. The van der Waals surface area contributed by atoms with E-state index in [1.54, 1.807) is 0 Å². The van der Waals surface area contributed by atoms with E-state index in [1.807, 2.05) is 6.92 Å². The number of esters is 1. The fraction of sp³-hybridized carbons (Fsp3) is 0.923. The third kappa shape index (κ3) is 1.88. The van der Waals surface area contributed by atoms with Crippen LogP contribution in [0.2, 0.25) is 0 Å². The van der Waals surface area contributed by atoms with Crippen LogP contribution in [0.1, 0.15) is 32.6 Å². The molecule has 3 aliphatic carbocycles. The van der Waals surface area contributed by atoms with Crippen molar-refractivity contribution < 1.29 is 9.53 Å². The summed E-state index contributed by atoms with van der Waals surface area (Å²) in [5.74, 6) is 2.21. The minimum atomic E-state index is -0.462. The molecule has 0 aromatic carbocycles. The maximum Gasteiger partial charge on any atom is 0.309 e. The molecule has 4 heteroatoms. The highest BCUT2D eigenvalue weighted by Crippen LogP contribution is 2.67. The standard InChI is InChI=1S/C13H18Cl2O2/c1-2-17-12(16)11-7-3-5-9-10(13(9,14)15)6-4-8(7)11/h7-11H,2-6H2,1H3/t7-,8+,9-,10+,11?. The van der Waals surface area contributed by atoms with Gasteiger partial charge in [-0.05, 0) is 56.3 Å². The Bertz CT molecular complexity index is 320. The third-order valence-corrected chi connectivity index (χ3v) is 6.00. The van der Waals surface area contributed by atoms with Gasteiger partial charge in [-0.2, -0.15) is 0 Å². The van der Waals surface area contributed by atoms with Gasteiger partial charge in [0.05, 0.1) is 12.5 Å². The molecule has 0 amide bonds. The second kappa shape index (κ2) is 4.03. The normalized spacial score (nSPS) is 45.9. The lowest BCUT2D eigenvalue weighted by molar-refractivity contribution is -0.145. The summed E-state index contributed by atoms with van der Waals surface area (Å²) in [4.78, 5) is 11.7. The van der Waals surface area contributed by atoms with Crippen LogP contribution in [0.3, 0.4) is 0 Å². The quantitative estimate of drug-likeness (QED) is 0.571. The molecular weight excluding hydrogens is 259 g/mol. The van der Waals surface area contributed by atoms with Crippen LogP contribution in [0.25, 0.3) is 0 Å². The van der Waals surface area contributed by atoms with E-state index in [9.17, 15) is 4.79 Å². The van der Waals surface area contributed by atoms with Crippen molar-refractivity contribution in [3.63, 3.8) is 0 Å². The van der Waals surface area contributed by atoms with Crippen molar-refractivity contribution in [1.29, 1.82) is 0 Å². The predicted octanol–water partition coefficient (Wildman–Crippen LogP) is 3.41. The van der Waals surface area contributed by atoms with Crippen molar-refractivity contribution in [2.75, 3.05) is 6.61 Å². The highest BCUT2D eigenvalue weighted by Gasteiger charge is 2.65. The average Bonchev–Trinajstić information content (AvgIpc) is 3.02. The second-order valence-corrected chi connectivity index (χ2v) is 7.09. The Hall–Kier alpha value is 0.0500. The number of hydrogen-bond acceptors (Lipinski definition) is 2. The van der Waals surface area contributed by atoms with Crippen LogP contribution in [0, 0.1) is 29.6 Å². The van der Waals surface area contributed by atoms with E-state index in [0.717, 1.165) is 25.7 Å². The Balaban J connectivity index is 1.59. The van der Waals surface area contributed by atoms with Crippen LogP contribution in [-0.2, 0) is 9.53 Å². The first-order valence-corrected chi connectivity index (χ1v) is 7.37. The number of ether oxygens (including phenoxy) is 1. The van der Waals surface area contributed by atoms with E-state index in [-0.39, 0.29) is 11.9 Å². The minimum Gasteiger partial charge on any atom is -0.466 e. The predicted molar refractivity (Wildman–Crippen MR) is 67.0 cm³/mol. The monoisotopic (exact) mass is 276 g/mol. The molecule has 3 rings (SSSR count). The zero-order chi connectivity index (χ0) is 12.2. The van der Waals surface area contributed by atoms with Crippen LogP contribution >= 0.6 is 23.2 Å². The van der Waals surface area contributed by atoms with Crippen LogP contribution < -0.4 is 0 Å². The summed E-state index contributed by atoms with van der Waals surface area (Å²) in [5.41, 5.74) is 0. The number of carbonyl (C=O) groups excluding carboxylic acids is 1. The number of carbonyl (C=O) groups is 1. The molecule has 3 saturated carbocycles. The molecular formula is C13H18Cl2O2. The second-order valence-electron chi connectivity index (χ2n) is 5.65. The van der Waals surface area contributed by atoms with Gasteiger partial charge in [-0.3, -0.25) is 4.79 Å². The van der Waals surface area contributed by atoms with Crippen molar-refractivity contribution in [2.45, 2.75) is 36.9 Å². The van der Waals surface area contributed by atoms with Gasteiger partial charge in [0, 0.05) is 0 Å². The van der Waals surface area contributed by atoms with Crippen LogP contribution in [-0.4, -0.2) is 16.9 Å². The Labute approximate surface area is 112 Å². The van der Waals surface area contributed by atoms with Crippen molar-refractivity contribution >= 4 is 29.2 Å². The molecule has 0 bridgehead atoms. The molecule has 0 aliphatic heterocycles. The zero-order valence-corrected chi connectivity index (χ0v) is 11.5. The molecule has 0 saturated heterocycles. The molecule has 2 nitrogen and oxygen atoms in total. The molecule has 1 unspecified atom stereocenters. The molecule has 0 heterocycles. The minimum absolute atomic E-state index is 0.0149. The number of hydrogen-bond donors (Lipinski definition) is 0. The molecule has 0 aromatic heterocycles. The van der Waals surface area contributed by atoms with Gasteiger partial charge in [-0.25, -0.2) is 0 Å². The van der Waals surface area contributed by atoms with Gasteiger partial charge in [0.2, 0.25) is 0 Å². The Morgan fingerprint density at radius 3 is 2.18 bits per heavy atom. The SMILES string of the molecule is CCOC(=O)C1[C@H]2CC[C@H]3[C@@H](CC[C@@H]12)C3(Cl)Cl. The molecule has 3 fully saturated rings. The Kier molecular flexibility index (Phi) is 2.87. The summed E-state index contributed by atoms with van der Waals surface area (Å²) in [6.07, 6.45) is 4.34. The highest BCUT2D eigenvalue weighted by atomic mass is 35.5. The lowest BCUT2D eigenvalue weighted by Gasteiger charge is -2.03. The summed E-state index contributed by atoms with van der Waals surface area (Å²) in [5, 5.41) is 0. The van der Waals surface area contributed by atoms with E-state index >= 15 is 0 Å². The van der Waals surface area contributed by atoms with Gasteiger partial charge in [-0.15, -0.1) is 23.2 Å². The van der Waals surface area contributed by atoms with Crippen molar-refractivity contribution in [1.82, 2.24) is 0 Å². The summed E-state index contributed by atoms with van der Waals surface area (Å²) in [6.45, 7) is 2.36. The first-order valence-electron chi connectivity index (χ1n) is 6.61. The summed E-state index contributed by atoms with van der Waals surface area (Å²) in [6, 6.07) is 0. The molecule has 0 aromatic rings. The maximum absolute atomic E-state index is 11.7. The van der Waals surface area contributed by atoms with E-state index in [2.05, 4.69) is 0 Å². The van der Waals surface area contributed by atoms with Crippen molar-refractivity contribution in [2.24, 2.45) is 29.6 Å². The van der Waals surface area contributed by atoms with Gasteiger partial charge in [0.1, 0.15) is 4.33 Å². The van der Waals surface area contributed by atoms with Gasteiger partial charge in [0.15, 0.2) is 0 Å². The average molecular weight is 277 g/mol. The first-order chi connectivity index (χ1) is 8.07. The van der Waals surface area contributed by atoms with Crippen LogP contribution in [0.5, 0.6) is 0 Å². The van der Waals surface area contributed by atoms with Crippen LogP contribution in [0.15, 0.2) is 0 Å². The largest absolute Gasteiger partial charge is 0.466 e. The Morgan fingerprint density at radius 2 is 1.71 bits per heavy atom. The fourth-order valence-corrected chi connectivity index (χ4v) is 4.73. The van der Waals surface area contributed by atoms with Gasteiger partial charge in [0.25, 0.3) is 0 Å². The summed E-state index contributed by atoms with van der Waals surface area (Å²) >= 11 is 12.5. The lowest BCUT2D eigenvalue weighted by atomic mass is 10.0. The molecule has 96 valence electrons. The molecule has 0 radical (unpaired) electrons. The third-order valence-electron chi connectivity index (χ3n) is 4.88. The number of halogens is 2.